The first-order valence-electron chi connectivity index (χ1n) is 4.18. The summed E-state index contributed by atoms with van der Waals surface area (Å²) in [5.41, 5.74) is 1.02. The molecule has 0 aromatic carbocycles. The van der Waals surface area contributed by atoms with E-state index in [9.17, 15) is 0 Å². The number of nitrogens with one attached hydrogen (secondary N) is 2. The predicted molar refractivity (Wildman–Crippen MR) is 55.2 cm³/mol. The zero-order valence-electron chi connectivity index (χ0n) is 7.37. The molecule has 0 radical (unpaired) electrons. The van der Waals surface area contributed by atoms with Gasteiger partial charge in [-0.1, -0.05) is 11.6 Å². The molecule has 0 amide bonds. The fourth-order valence-electron chi connectivity index (χ4n) is 1.05. The average molecular weight is 209 g/mol. The van der Waals surface area contributed by atoms with Gasteiger partial charge < -0.3 is 5.32 Å². The number of anilines is 1. The topological polar surface area (TPSA) is 53.6 Å². The van der Waals surface area contributed by atoms with Gasteiger partial charge in [-0.3, -0.25) is 5.10 Å². The third-order valence-corrected chi connectivity index (χ3v) is 1.97. The summed E-state index contributed by atoms with van der Waals surface area (Å²) in [6.45, 7) is 0.675. The van der Waals surface area contributed by atoms with E-state index in [1.807, 2.05) is 12.1 Å². The summed E-state index contributed by atoms with van der Waals surface area (Å²) in [6.07, 6.45) is 3.32. The van der Waals surface area contributed by atoms with Crippen molar-refractivity contribution >= 4 is 17.4 Å². The van der Waals surface area contributed by atoms with Crippen molar-refractivity contribution in [1.29, 1.82) is 0 Å². The normalized spacial score (nSPS) is 10.1. The number of hydrogen-bond donors (Lipinski definition) is 2. The largest absolute Gasteiger partial charge is 0.364 e. The maximum atomic E-state index is 5.70. The summed E-state index contributed by atoms with van der Waals surface area (Å²) in [5.74, 6) is 0.795. The van der Waals surface area contributed by atoms with Gasteiger partial charge in [0.15, 0.2) is 0 Å². The zero-order valence-corrected chi connectivity index (χ0v) is 8.12. The van der Waals surface area contributed by atoms with E-state index in [4.69, 9.17) is 11.6 Å². The Hall–Kier alpha value is -1.55. The van der Waals surface area contributed by atoms with Gasteiger partial charge in [-0.15, -0.1) is 0 Å². The summed E-state index contributed by atoms with van der Waals surface area (Å²) in [5, 5.41) is 10.5. The predicted octanol–water partition coefficient (Wildman–Crippen LogP) is 2.07. The van der Waals surface area contributed by atoms with E-state index in [0.717, 1.165) is 11.5 Å². The van der Waals surface area contributed by atoms with Gasteiger partial charge in [0.1, 0.15) is 5.82 Å². The summed E-state index contributed by atoms with van der Waals surface area (Å²) in [7, 11) is 0. The highest BCUT2D eigenvalue weighted by Gasteiger charge is 1.95. The maximum Gasteiger partial charge on any atom is 0.126 e. The number of nitrogens with zero attached hydrogens (tertiary/aromatic N) is 2. The molecule has 2 aromatic heterocycles. The quantitative estimate of drug-likeness (QED) is 0.812. The SMILES string of the molecule is Clc1ccc(NCc2ccn[nH]2)nc1. The fourth-order valence-corrected chi connectivity index (χ4v) is 1.16. The standard InChI is InChI=1S/C9H9ClN4/c10-7-1-2-9(11-5-7)12-6-8-3-4-13-14-8/h1-5H,6H2,(H,11,12)(H,13,14). The smallest absolute Gasteiger partial charge is 0.126 e. The number of hydrogen-bond acceptors (Lipinski definition) is 3. The molecule has 4 nitrogen and oxygen atoms in total. The Morgan fingerprint density at radius 2 is 2.29 bits per heavy atom. The molecule has 2 heterocycles. The van der Waals surface area contributed by atoms with Crippen LogP contribution in [0.4, 0.5) is 5.82 Å². The van der Waals surface area contributed by atoms with Crippen LogP contribution in [0.15, 0.2) is 30.6 Å². The Morgan fingerprint density at radius 3 is 2.93 bits per heavy atom. The van der Waals surface area contributed by atoms with Crippen molar-refractivity contribution in [3.05, 3.63) is 41.3 Å². The van der Waals surface area contributed by atoms with Crippen LogP contribution in [0.2, 0.25) is 5.02 Å². The highest BCUT2D eigenvalue weighted by atomic mass is 35.5. The van der Waals surface area contributed by atoms with E-state index < -0.39 is 0 Å². The molecule has 0 saturated heterocycles. The second-order valence-electron chi connectivity index (χ2n) is 2.80. The molecule has 0 saturated carbocycles. The monoisotopic (exact) mass is 208 g/mol. The lowest BCUT2D eigenvalue weighted by molar-refractivity contribution is 0.974. The maximum absolute atomic E-state index is 5.70. The van der Waals surface area contributed by atoms with Crippen molar-refractivity contribution < 1.29 is 0 Å². The Balaban J connectivity index is 1.95. The second-order valence-corrected chi connectivity index (χ2v) is 3.23. The lowest BCUT2D eigenvalue weighted by Crippen LogP contribution is -2.01. The van der Waals surface area contributed by atoms with Gasteiger partial charge in [-0.25, -0.2) is 4.98 Å². The molecule has 0 bridgehead atoms. The van der Waals surface area contributed by atoms with E-state index >= 15 is 0 Å². The first-order chi connectivity index (χ1) is 6.84. The van der Waals surface area contributed by atoms with Gasteiger partial charge in [0.25, 0.3) is 0 Å². The van der Waals surface area contributed by atoms with Crippen LogP contribution in [0.3, 0.4) is 0 Å². The first kappa shape index (κ1) is 9.02. The van der Waals surface area contributed by atoms with Crippen molar-refractivity contribution in [3.63, 3.8) is 0 Å². The molecule has 0 atom stereocenters. The minimum atomic E-state index is 0.636. The van der Waals surface area contributed by atoms with Crippen molar-refractivity contribution in [1.82, 2.24) is 15.2 Å². The minimum absolute atomic E-state index is 0.636. The third kappa shape index (κ3) is 2.23. The molecule has 0 aliphatic carbocycles. The van der Waals surface area contributed by atoms with Crippen LogP contribution < -0.4 is 5.32 Å². The van der Waals surface area contributed by atoms with Crippen LogP contribution in [-0.4, -0.2) is 15.2 Å². The van der Waals surface area contributed by atoms with Crippen molar-refractivity contribution in [3.8, 4) is 0 Å². The Kier molecular flexibility index (Phi) is 2.65. The van der Waals surface area contributed by atoms with Gasteiger partial charge in [-0.2, -0.15) is 5.10 Å². The summed E-state index contributed by atoms with van der Waals surface area (Å²) >= 11 is 5.70. The average Bonchev–Trinajstić information content (AvgIpc) is 2.70. The Labute approximate surface area is 86.3 Å². The van der Waals surface area contributed by atoms with E-state index in [1.54, 1.807) is 18.5 Å². The molecule has 2 rings (SSSR count). The molecule has 2 N–H and O–H groups in total. The molecule has 14 heavy (non-hydrogen) atoms. The molecule has 0 unspecified atom stereocenters. The van der Waals surface area contributed by atoms with Crippen LogP contribution in [0.1, 0.15) is 5.69 Å². The summed E-state index contributed by atoms with van der Waals surface area (Å²) in [4.78, 5) is 4.10. The van der Waals surface area contributed by atoms with E-state index in [-0.39, 0.29) is 0 Å². The zero-order chi connectivity index (χ0) is 9.80. The van der Waals surface area contributed by atoms with Crippen LogP contribution in [0.5, 0.6) is 0 Å². The molecule has 0 fully saturated rings. The Morgan fingerprint density at radius 1 is 1.36 bits per heavy atom. The molecular weight excluding hydrogens is 200 g/mol. The lowest BCUT2D eigenvalue weighted by atomic mass is 10.4. The van der Waals surface area contributed by atoms with Gasteiger partial charge in [0.2, 0.25) is 0 Å². The molecule has 0 spiro atoms. The van der Waals surface area contributed by atoms with Crippen molar-refractivity contribution in [2.24, 2.45) is 0 Å². The van der Waals surface area contributed by atoms with Gasteiger partial charge in [0, 0.05) is 12.4 Å². The molecule has 0 aliphatic heterocycles. The van der Waals surface area contributed by atoms with E-state index in [2.05, 4.69) is 20.5 Å². The van der Waals surface area contributed by atoms with Crippen molar-refractivity contribution in [2.75, 3.05) is 5.32 Å². The van der Waals surface area contributed by atoms with Gasteiger partial charge in [-0.05, 0) is 18.2 Å². The first-order valence-corrected chi connectivity index (χ1v) is 4.56. The fraction of sp³-hybridized carbons (Fsp3) is 0.111. The van der Waals surface area contributed by atoms with E-state index in [0.29, 0.717) is 11.6 Å². The number of rotatable bonds is 3. The number of pyridine rings is 1. The lowest BCUT2D eigenvalue weighted by Gasteiger charge is -2.02. The van der Waals surface area contributed by atoms with E-state index in [1.165, 1.54) is 0 Å². The highest BCUT2D eigenvalue weighted by Crippen LogP contribution is 2.09. The van der Waals surface area contributed by atoms with Gasteiger partial charge in [0.05, 0.1) is 17.3 Å². The summed E-state index contributed by atoms with van der Waals surface area (Å²) in [6, 6.07) is 5.53. The molecule has 2 aromatic rings. The van der Waals surface area contributed by atoms with Gasteiger partial charge >= 0.3 is 0 Å². The molecular formula is C9H9ClN4. The minimum Gasteiger partial charge on any atom is -0.364 e. The Bertz CT molecular complexity index is 382. The van der Waals surface area contributed by atoms with Crippen molar-refractivity contribution in [2.45, 2.75) is 6.54 Å². The van der Waals surface area contributed by atoms with Crippen LogP contribution in [0.25, 0.3) is 0 Å². The number of halogens is 1. The van der Waals surface area contributed by atoms with Crippen LogP contribution in [0, 0.1) is 0 Å². The second kappa shape index (κ2) is 4.11. The molecule has 5 heteroatoms. The molecule has 0 aliphatic rings. The molecule has 72 valence electrons. The third-order valence-electron chi connectivity index (χ3n) is 1.75. The van der Waals surface area contributed by atoms with Crippen LogP contribution in [-0.2, 0) is 6.54 Å². The summed E-state index contributed by atoms with van der Waals surface area (Å²) < 4.78 is 0. The number of aromatic amines is 1. The number of H-pyrrole nitrogens is 1. The highest BCUT2D eigenvalue weighted by molar-refractivity contribution is 6.30. The van der Waals surface area contributed by atoms with Crippen LogP contribution >= 0.6 is 11.6 Å². The number of aromatic nitrogens is 3.